The molecule has 0 saturated carbocycles. The second kappa shape index (κ2) is 16.8. The molecule has 0 aromatic heterocycles. The highest BCUT2D eigenvalue weighted by Gasteiger charge is 2.17. The zero-order chi connectivity index (χ0) is 23.8. The van der Waals surface area contributed by atoms with Crippen LogP contribution in [0.15, 0.2) is 12.1 Å². The van der Waals surface area contributed by atoms with Crippen LogP contribution in [-0.4, -0.2) is 18.1 Å². The van der Waals surface area contributed by atoms with E-state index in [0.29, 0.717) is 0 Å². The van der Waals surface area contributed by atoms with E-state index in [1.165, 1.54) is 91.7 Å². The van der Waals surface area contributed by atoms with Crippen LogP contribution < -0.4 is 5.32 Å². The molecule has 0 spiro atoms. The van der Waals surface area contributed by atoms with Gasteiger partial charge in [-0.25, -0.2) is 0 Å². The molecule has 0 saturated heterocycles. The van der Waals surface area contributed by atoms with Crippen molar-refractivity contribution in [3.63, 3.8) is 0 Å². The molecular weight excluding hydrogens is 509 g/mol. The topological polar surface area (TPSA) is 38.3 Å². The van der Waals surface area contributed by atoms with Crippen molar-refractivity contribution in [1.29, 1.82) is 0 Å². The number of rotatable bonds is 17. The lowest BCUT2D eigenvalue weighted by molar-refractivity contribution is -0.152. The summed E-state index contributed by atoms with van der Waals surface area (Å²) in [5, 5.41) is 3.40. The van der Waals surface area contributed by atoms with E-state index >= 15 is 0 Å². The Hall–Kier alpha value is -0.780. The van der Waals surface area contributed by atoms with Crippen molar-refractivity contribution in [3.05, 3.63) is 26.8 Å². The fraction of sp³-hybridized carbons (Fsp3) is 0.750. The van der Waals surface area contributed by atoms with Crippen LogP contribution in [0.1, 0.15) is 123 Å². The maximum absolute atomic E-state index is 12.3. The molecule has 0 bridgehead atoms. The van der Waals surface area contributed by atoms with Crippen molar-refractivity contribution < 1.29 is 9.53 Å². The van der Waals surface area contributed by atoms with E-state index in [-0.39, 0.29) is 12.5 Å². The van der Waals surface area contributed by atoms with Gasteiger partial charge in [0.2, 0.25) is 0 Å². The molecule has 0 heterocycles. The first kappa shape index (κ1) is 29.3. The Labute approximate surface area is 212 Å². The van der Waals surface area contributed by atoms with E-state index < -0.39 is 5.60 Å². The molecule has 1 rings (SSSR count). The lowest BCUT2D eigenvalue weighted by Crippen LogP contribution is -2.28. The first-order valence-corrected chi connectivity index (χ1v) is 14.1. The van der Waals surface area contributed by atoms with Crippen LogP contribution in [0.3, 0.4) is 0 Å². The molecule has 0 fully saturated rings. The van der Waals surface area contributed by atoms with Crippen molar-refractivity contribution in [3.8, 4) is 0 Å². The number of carbonyl (C=O) groups is 1. The van der Waals surface area contributed by atoms with E-state index in [4.69, 9.17) is 4.74 Å². The molecule has 1 N–H and O–H groups in total. The molecule has 3 nitrogen and oxygen atoms in total. The lowest BCUT2D eigenvalue weighted by atomic mass is 9.99. The molecule has 0 radical (unpaired) electrons. The number of carbonyl (C=O) groups excluding carboxylic acids is 1. The van der Waals surface area contributed by atoms with Gasteiger partial charge in [-0.2, -0.15) is 0 Å². The quantitative estimate of drug-likeness (QED) is 0.118. The maximum atomic E-state index is 12.3. The predicted molar refractivity (Wildman–Crippen MR) is 148 cm³/mol. The van der Waals surface area contributed by atoms with E-state index in [2.05, 4.69) is 53.9 Å². The summed E-state index contributed by atoms with van der Waals surface area (Å²) < 4.78 is 6.86. The fourth-order valence-electron chi connectivity index (χ4n) is 3.96. The zero-order valence-electron chi connectivity index (χ0n) is 21.5. The fourth-order valence-corrected chi connectivity index (χ4v) is 4.76. The van der Waals surface area contributed by atoms with E-state index in [1.54, 1.807) is 0 Å². The van der Waals surface area contributed by atoms with Crippen LogP contribution in [-0.2, 0) is 22.4 Å². The summed E-state index contributed by atoms with van der Waals surface area (Å²) in [7, 11) is 0. The third-order valence-electron chi connectivity index (χ3n) is 5.71. The zero-order valence-corrected chi connectivity index (χ0v) is 23.6. The van der Waals surface area contributed by atoms with Gasteiger partial charge in [0.1, 0.15) is 12.1 Å². The average molecular weight is 558 g/mol. The van der Waals surface area contributed by atoms with Crippen LogP contribution in [0.2, 0.25) is 0 Å². The summed E-state index contributed by atoms with van der Waals surface area (Å²) in [6, 6.07) is 4.64. The SMILES string of the molecule is CCCCCCCCc1cc(NCC(=O)OC(C)(C)C)c(CCCCCCCC)cc1I. The Bertz CT molecular complexity index is 652. The molecular formula is C28H48INO2. The van der Waals surface area contributed by atoms with Gasteiger partial charge in [0.05, 0.1) is 0 Å². The molecule has 0 aliphatic carbocycles. The Morgan fingerprint density at radius 3 is 1.84 bits per heavy atom. The predicted octanol–water partition coefficient (Wildman–Crippen LogP) is 8.85. The second-order valence-electron chi connectivity index (χ2n) is 10.1. The van der Waals surface area contributed by atoms with E-state index in [1.807, 2.05) is 20.8 Å². The van der Waals surface area contributed by atoms with Gasteiger partial charge in [-0.05, 0) is 92.3 Å². The Morgan fingerprint density at radius 2 is 1.31 bits per heavy atom. The third kappa shape index (κ3) is 13.7. The lowest BCUT2D eigenvalue weighted by Gasteiger charge is -2.21. The van der Waals surface area contributed by atoms with Crippen molar-refractivity contribution >= 4 is 34.2 Å². The van der Waals surface area contributed by atoms with Crippen molar-refractivity contribution in [2.24, 2.45) is 0 Å². The number of anilines is 1. The maximum Gasteiger partial charge on any atom is 0.325 e. The van der Waals surface area contributed by atoms with Crippen LogP contribution >= 0.6 is 22.6 Å². The normalized spacial score (nSPS) is 11.6. The van der Waals surface area contributed by atoms with E-state index in [0.717, 1.165) is 18.5 Å². The third-order valence-corrected chi connectivity index (χ3v) is 6.72. The van der Waals surface area contributed by atoms with Gasteiger partial charge in [0, 0.05) is 9.26 Å². The highest BCUT2D eigenvalue weighted by molar-refractivity contribution is 14.1. The summed E-state index contributed by atoms with van der Waals surface area (Å²) in [6.45, 7) is 10.5. The van der Waals surface area contributed by atoms with Gasteiger partial charge in [0.15, 0.2) is 0 Å². The van der Waals surface area contributed by atoms with Crippen LogP contribution in [0.25, 0.3) is 0 Å². The number of esters is 1. The first-order valence-electron chi connectivity index (χ1n) is 13.0. The molecule has 1 aromatic carbocycles. The standard InChI is InChI=1S/C28H48INO2/c1-6-8-10-12-14-16-18-23-21-26(30-22-27(31)32-28(3,4)5)24(20-25(23)29)19-17-15-13-11-9-7-2/h20-21,30H,6-19,22H2,1-5H3. The van der Waals surface area contributed by atoms with Gasteiger partial charge in [-0.1, -0.05) is 78.1 Å². The second-order valence-corrected chi connectivity index (χ2v) is 11.2. The Balaban J connectivity index is 2.74. The first-order chi connectivity index (χ1) is 15.3. The number of hydrogen-bond donors (Lipinski definition) is 1. The van der Waals surface area contributed by atoms with Gasteiger partial charge >= 0.3 is 5.97 Å². The minimum Gasteiger partial charge on any atom is -0.459 e. The number of ether oxygens (including phenoxy) is 1. The number of unbranched alkanes of at least 4 members (excludes halogenated alkanes) is 10. The number of halogens is 1. The Kier molecular flexibility index (Phi) is 15.3. The molecule has 4 heteroatoms. The number of aryl methyl sites for hydroxylation is 2. The molecule has 0 aliphatic rings. The van der Waals surface area contributed by atoms with E-state index in [9.17, 15) is 4.79 Å². The summed E-state index contributed by atoms with van der Waals surface area (Å²) in [5.74, 6) is -0.195. The molecule has 0 aliphatic heterocycles. The van der Waals surface area contributed by atoms with Crippen LogP contribution in [0.5, 0.6) is 0 Å². The number of hydrogen-bond acceptors (Lipinski definition) is 3. The Morgan fingerprint density at radius 1 is 0.812 bits per heavy atom. The molecule has 0 atom stereocenters. The van der Waals surface area contributed by atoms with Crippen molar-refractivity contribution in [2.45, 2.75) is 130 Å². The molecule has 184 valence electrons. The smallest absolute Gasteiger partial charge is 0.325 e. The summed E-state index contributed by atoms with van der Waals surface area (Å²) in [4.78, 5) is 12.3. The molecule has 0 unspecified atom stereocenters. The number of benzene rings is 1. The van der Waals surface area contributed by atoms with Gasteiger partial charge in [0.25, 0.3) is 0 Å². The van der Waals surface area contributed by atoms with Gasteiger partial charge in [-0.3, -0.25) is 4.79 Å². The van der Waals surface area contributed by atoms with Crippen LogP contribution in [0.4, 0.5) is 5.69 Å². The average Bonchev–Trinajstić information content (AvgIpc) is 2.72. The largest absolute Gasteiger partial charge is 0.459 e. The van der Waals surface area contributed by atoms with Crippen molar-refractivity contribution in [2.75, 3.05) is 11.9 Å². The van der Waals surface area contributed by atoms with Crippen LogP contribution in [0, 0.1) is 3.57 Å². The monoisotopic (exact) mass is 557 g/mol. The molecule has 0 amide bonds. The summed E-state index contributed by atoms with van der Waals surface area (Å²) in [5.41, 5.74) is 3.40. The molecule has 32 heavy (non-hydrogen) atoms. The highest BCUT2D eigenvalue weighted by Crippen LogP contribution is 2.27. The highest BCUT2D eigenvalue weighted by atomic mass is 127. The van der Waals surface area contributed by atoms with Crippen molar-refractivity contribution in [1.82, 2.24) is 0 Å². The van der Waals surface area contributed by atoms with Gasteiger partial charge < -0.3 is 10.1 Å². The minimum absolute atomic E-state index is 0.195. The summed E-state index contributed by atoms with van der Waals surface area (Å²) >= 11 is 2.50. The van der Waals surface area contributed by atoms with Gasteiger partial charge in [-0.15, -0.1) is 0 Å². The summed E-state index contributed by atoms with van der Waals surface area (Å²) in [6.07, 6.45) is 17.8. The minimum atomic E-state index is -0.449. The molecule has 1 aromatic rings. The number of nitrogens with one attached hydrogen (secondary N) is 1.